The van der Waals surface area contributed by atoms with Gasteiger partial charge in [0, 0.05) is 17.3 Å². The summed E-state index contributed by atoms with van der Waals surface area (Å²) in [6.07, 6.45) is 3.97. The summed E-state index contributed by atoms with van der Waals surface area (Å²) in [5.41, 5.74) is 2.71. The molecular weight excluding hydrogens is 521 g/mol. The summed E-state index contributed by atoms with van der Waals surface area (Å²) in [7, 11) is -3.37. The molecule has 0 spiro atoms. The molecule has 0 aliphatic rings. The third-order valence-corrected chi connectivity index (χ3v) is 6.19. The zero-order chi connectivity index (χ0) is 26.9. The first-order valence-electron chi connectivity index (χ1n) is 10.9. The van der Waals surface area contributed by atoms with Crippen LogP contribution >= 0.6 is 23.2 Å². The van der Waals surface area contributed by atoms with Gasteiger partial charge in [0.15, 0.2) is 5.75 Å². The van der Waals surface area contributed by atoms with Gasteiger partial charge in [-0.2, -0.15) is 5.26 Å². The lowest BCUT2D eigenvalue weighted by molar-refractivity contribution is 0.341. The molecule has 2 aromatic carbocycles. The van der Waals surface area contributed by atoms with Crippen LogP contribution in [0, 0.1) is 11.3 Å². The fraction of sp³-hybridized carbons (Fsp3) is 0.308. The van der Waals surface area contributed by atoms with Crippen molar-refractivity contribution >= 4 is 38.9 Å². The van der Waals surface area contributed by atoms with E-state index in [1.54, 1.807) is 13.0 Å². The van der Waals surface area contributed by atoms with Crippen LogP contribution < -0.4 is 14.2 Å². The Hall–Kier alpha value is -2.99. The Morgan fingerprint density at radius 3 is 2.47 bits per heavy atom. The maximum absolute atomic E-state index is 11.2. The van der Waals surface area contributed by atoms with E-state index in [9.17, 15) is 13.7 Å². The minimum atomic E-state index is -3.37. The largest absolute Gasteiger partial charge is 0.489 e. The molecule has 0 atom stereocenters. The summed E-state index contributed by atoms with van der Waals surface area (Å²) in [4.78, 5) is 4.21. The van der Waals surface area contributed by atoms with Gasteiger partial charge in [-0.25, -0.2) is 8.42 Å². The Morgan fingerprint density at radius 2 is 1.89 bits per heavy atom. The van der Waals surface area contributed by atoms with E-state index in [0.717, 1.165) is 17.4 Å². The van der Waals surface area contributed by atoms with Crippen LogP contribution in [0.2, 0.25) is 5.02 Å². The molecule has 0 aliphatic heterocycles. The molecule has 0 fully saturated rings. The van der Waals surface area contributed by atoms with Crippen molar-refractivity contribution in [3.05, 3.63) is 82.7 Å². The fourth-order valence-electron chi connectivity index (χ4n) is 3.21. The van der Waals surface area contributed by atoms with Gasteiger partial charge in [-0.3, -0.25) is 9.71 Å². The molecule has 0 radical (unpaired) electrons. The van der Waals surface area contributed by atoms with Crippen LogP contribution in [0.5, 0.6) is 11.5 Å². The SMILES string of the molecule is C=C(/C=C\N=C(C)COc1ccc(C(C)(C)c2cc(Cl)c(OCCCl)c(C#N)c2)cc1)NS(C)(=O)=O. The number of hydrogen-bond acceptors (Lipinski definition) is 6. The summed E-state index contributed by atoms with van der Waals surface area (Å²) in [6, 6.07) is 13.4. The number of aliphatic imine (C=N–C) groups is 1. The molecule has 36 heavy (non-hydrogen) atoms. The van der Waals surface area contributed by atoms with Crippen LogP contribution in [0.25, 0.3) is 0 Å². The van der Waals surface area contributed by atoms with Crippen LogP contribution in [0.1, 0.15) is 37.5 Å². The molecule has 10 heteroatoms. The summed E-state index contributed by atoms with van der Waals surface area (Å²) in [6.45, 7) is 10.0. The Labute approximate surface area is 223 Å². The molecule has 0 bridgehead atoms. The second-order valence-electron chi connectivity index (χ2n) is 8.50. The van der Waals surface area contributed by atoms with Crippen molar-refractivity contribution in [1.82, 2.24) is 4.72 Å². The molecule has 0 amide bonds. The Bertz CT molecular complexity index is 1300. The molecule has 0 heterocycles. The molecule has 2 aromatic rings. The predicted octanol–water partition coefficient (Wildman–Crippen LogP) is 5.57. The molecule has 2 rings (SSSR count). The molecule has 0 saturated heterocycles. The van der Waals surface area contributed by atoms with E-state index in [-0.39, 0.29) is 18.9 Å². The number of halogens is 2. The van der Waals surface area contributed by atoms with Crippen molar-refractivity contribution < 1.29 is 17.9 Å². The van der Waals surface area contributed by atoms with Gasteiger partial charge in [0.25, 0.3) is 0 Å². The van der Waals surface area contributed by atoms with Crippen molar-refractivity contribution in [3.63, 3.8) is 0 Å². The smallest absolute Gasteiger partial charge is 0.229 e. The van der Waals surface area contributed by atoms with Crippen molar-refractivity contribution in [2.75, 3.05) is 25.3 Å². The van der Waals surface area contributed by atoms with Gasteiger partial charge in [-0.05, 0) is 48.4 Å². The van der Waals surface area contributed by atoms with Crippen LogP contribution in [0.4, 0.5) is 0 Å². The third-order valence-electron chi connectivity index (χ3n) is 5.12. The van der Waals surface area contributed by atoms with Gasteiger partial charge >= 0.3 is 0 Å². The highest BCUT2D eigenvalue weighted by atomic mass is 35.5. The predicted molar refractivity (Wildman–Crippen MR) is 146 cm³/mol. The third kappa shape index (κ3) is 8.59. The van der Waals surface area contributed by atoms with Crippen molar-refractivity contribution in [3.8, 4) is 17.6 Å². The van der Waals surface area contributed by atoms with Crippen LogP contribution in [0.15, 0.2) is 65.9 Å². The second kappa shape index (κ2) is 12.8. The molecule has 0 unspecified atom stereocenters. The zero-order valence-electron chi connectivity index (χ0n) is 20.6. The van der Waals surface area contributed by atoms with Crippen molar-refractivity contribution in [2.24, 2.45) is 4.99 Å². The molecule has 7 nitrogen and oxygen atoms in total. The Kier molecular flexibility index (Phi) is 10.4. The van der Waals surface area contributed by atoms with Crippen LogP contribution in [-0.4, -0.2) is 39.5 Å². The first-order valence-corrected chi connectivity index (χ1v) is 13.7. The monoisotopic (exact) mass is 549 g/mol. The Morgan fingerprint density at radius 1 is 1.22 bits per heavy atom. The highest BCUT2D eigenvalue weighted by Gasteiger charge is 2.26. The number of allylic oxidation sites excluding steroid dienone is 1. The standard InChI is InChI=1S/C26H29Cl2N3O4S/c1-18(31-36(5,32)33)10-12-30-19(2)17-35-23-8-6-21(7-9-23)26(3,4)22-14-20(16-29)25(24(28)15-22)34-13-11-27/h6-10,12,14-15,31H,1,11,13,17H2,2-5H3/b12-10-,30-19?. The lowest BCUT2D eigenvalue weighted by atomic mass is 9.77. The van der Waals surface area contributed by atoms with E-state index >= 15 is 0 Å². The number of ether oxygens (including phenoxy) is 2. The lowest BCUT2D eigenvalue weighted by Gasteiger charge is -2.27. The number of sulfonamides is 1. The number of nitrogens with one attached hydrogen (secondary N) is 1. The van der Waals surface area contributed by atoms with Gasteiger partial charge in [0.05, 0.1) is 28.4 Å². The number of benzene rings is 2. The maximum atomic E-state index is 11.2. The number of hydrogen-bond donors (Lipinski definition) is 1. The van der Waals surface area contributed by atoms with Crippen LogP contribution in [-0.2, 0) is 15.4 Å². The van der Waals surface area contributed by atoms with E-state index < -0.39 is 15.4 Å². The number of rotatable bonds is 12. The molecule has 0 aromatic heterocycles. The summed E-state index contributed by atoms with van der Waals surface area (Å²) < 4.78 is 35.9. The summed E-state index contributed by atoms with van der Waals surface area (Å²) in [5, 5.41) is 9.95. The van der Waals surface area contributed by atoms with E-state index in [2.05, 4.69) is 22.4 Å². The van der Waals surface area contributed by atoms with E-state index in [1.807, 2.05) is 44.2 Å². The number of nitriles is 1. The van der Waals surface area contributed by atoms with E-state index in [1.165, 1.54) is 12.3 Å². The Balaban J connectivity index is 2.09. The summed E-state index contributed by atoms with van der Waals surface area (Å²) in [5.74, 6) is 1.30. The van der Waals surface area contributed by atoms with Gasteiger partial charge in [-0.15, -0.1) is 11.6 Å². The van der Waals surface area contributed by atoms with Gasteiger partial charge < -0.3 is 9.47 Å². The first-order chi connectivity index (χ1) is 16.9. The van der Waals surface area contributed by atoms with E-state index in [0.29, 0.717) is 33.7 Å². The average Bonchev–Trinajstić information content (AvgIpc) is 2.80. The maximum Gasteiger partial charge on any atom is 0.229 e. The summed E-state index contributed by atoms with van der Waals surface area (Å²) >= 11 is 12.1. The molecule has 192 valence electrons. The quantitative estimate of drug-likeness (QED) is 0.212. The normalized spacial score (nSPS) is 12.3. The zero-order valence-corrected chi connectivity index (χ0v) is 23.0. The van der Waals surface area contributed by atoms with Gasteiger partial charge in [0.2, 0.25) is 10.0 Å². The van der Waals surface area contributed by atoms with Crippen molar-refractivity contribution in [2.45, 2.75) is 26.2 Å². The number of alkyl halides is 1. The topological polar surface area (TPSA) is 101 Å². The second-order valence-corrected chi connectivity index (χ2v) is 11.0. The van der Waals surface area contributed by atoms with Gasteiger partial charge in [-0.1, -0.05) is 44.2 Å². The van der Waals surface area contributed by atoms with Crippen LogP contribution in [0.3, 0.4) is 0 Å². The highest BCUT2D eigenvalue weighted by Crippen LogP contribution is 2.38. The molecule has 1 N–H and O–H groups in total. The highest BCUT2D eigenvalue weighted by molar-refractivity contribution is 7.88. The average molecular weight is 551 g/mol. The lowest BCUT2D eigenvalue weighted by Crippen LogP contribution is -2.19. The first kappa shape index (κ1) is 29.2. The minimum Gasteiger partial charge on any atom is -0.489 e. The molecule has 0 aliphatic carbocycles. The van der Waals surface area contributed by atoms with Crippen molar-refractivity contribution in [1.29, 1.82) is 5.26 Å². The molecule has 0 saturated carbocycles. The van der Waals surface area contributed by atoms with Gasteiger partial charge in [0.1, 0.15) is 25.0 Å². The minimum absolute atomic E-state index is 0.216. The fourth-order valence-corrected chi connectivity index (χ4v) is 4.11. The van der Waals surface area contributed by atoms with E-state index in [4.69, 9.17) is 32.7 Å². The molecular formula is C26H29Cl2N3O4S. The number of nitrogens with zero attached hydrogens (tertiary/aromatic N) is 2.